The highest BCUT2D eigenvalue weighted by Crippen LogP contribution is 2.23. The molecular formula is C19H30N2O3. The second-order valence-corrected chi connectivity index (χ2v) is 6.84. The normalized spacial score (nSPS) is 16.2. The summed E-state index contributed by atoms with van der Waals surface area (Å²) in [6.45, 7) is 7.42. The van der Waals surface area contributed by atoms with Crippen LogP contribution in [0.1, 0.15) is 43.5 Å². The van der Waals surface area contributed by atoms with E-state index >= 15 is 0 Å². The van der Waals surface area contributed by atoms with Crippen LogP contribution in [0.2, 0.25) is 0 Å². The average molecular weight is 334 g/mol. The van der Waals surface area contributed by atoms with Gasteiger partial charge in [-0.2, -0.15) is 0 Å². The molecule has 1 aliphatic heterocycles. The molecule has 1 heterocycles. The van der Waals surface area contributed by atoms with Gasteiger partial charge >= 0.3 is 0 Å². The average Bonchev–Trinajstić information content (AvgIpc) is 3.11. The van der Waals surface area contributed by atoms with Crippen molar-refractivity contribution in [3.8, 4) is 11.5 Å². The summed E-state index contributed by atoms with van der Waals surface area (Å²) in [5.74, 6) is 1.78. The molecule has 1 aromatic rings. The standard InChI is InChI=1S/C19H30N2O3/c1-14(2)9-16(21-7-5-6-8-21)13-20-19(22)15-10-17(23-3)12-18(11-15)24-4/h10-12,14,16H,5-9,13H2,1-4H3,(H,20,22). The summed E-state index contributed by atoms with van der Waals surface area (Å²) < 4.78 is 10.5. The van der Waals surface area contributed by atoms with Crippen LogP contribution in [0.25, 0.3) is 0 Å². The fraction of sp³-hybridized carbons (Fsp3) is 0.632. The smallest absolute Gasteiger partial charge is 0.251 e. The minimum Gasteiger partial charge on any atom is -0.497 e. The Morgan fingerprint density at radius 3 is 2.21 bits per heavy atom. The Bertz CT molecular complexity index is 517. The fourth-order valence-electron chi connectivity index (χ4n) is 3.26. The molecule has 0 spiro atoms. The molecule has 0 radical (unpaired) electrons. The van der Waals surface area contributed by atoms with Crippen molar-refractivity contribution < 1.29 is 14.3 Å². The highest BCUT2D eigenvalue weighted by molar-refractivity contribution is 5.95. The van der Waals surface area contributed by atoms with Gasteiger partial charge < -0.3 is 14.8 Å². The molecule has 0 aromatic heterocycles. The number of methoxy groups -OCH3 is 2. The van der Waals surface area contributed by atoms with E-state index in [0.717, 1.165) is 19.5 Å². The SMILES string of the molecule is COc1cc(OC)cc(C(=O)NCC(CC(C)C)N2CCCC2)c1. The quantitative estimate of drug-likeness (QED) is 0.794. The second-order valence-electron chi connectivity index (χ2n) is 6.84. The second kappa shape index (κ2) is 8.92. The molecule has 1 fully saturated rings. The predicted octanol–water partition coefficient (Wildman–Crippen LogP) is 2.94. The van der Waals surface area contributed by atoms with Crippen LogP contribution in [0, 0.1) is 5.92 Å². The van der Waals surface area contributed by atoms with Crippen molar-refractivity contribution in [1.29, 1.82) is 0 Å². The number of rotatable bonds is 8. The minimum atomic E-state index is -0.0832. The van der Waals surface area contributed by atoms with E-state index in [1.54, 1.807) is 32.4 Å². The third-order valence-electron chi connectivity index (χ3n) is 4.51. The lowest BCUT2D eigenvalue weighted by Gasteiger charge is -2.29. The Morgan fingerprint density at radius 2 is 1.71 bits per heavy atom. The van der Waals surface area contributed by atoms with Gasteiger partial charge in [0.25, 0.3) is 5.91 Å². The number of nitrogens with zero attached hydrogens (tertiary/aromatic N) is 1. The summed E-state index contributed by atoms with van der Waals surface area (Å²) in [7, 11) is 3.17. The van der Waals surface area contributed by atoms with Gasteiger partial charge in [-0.3, -0.25) is 9.69 Å². The first-order valence-corrected chi connectivity index (χ1v) is 8.78. The molecule has 24 heavy (non-hydrogen) atoms. The lowest BCUT2D eigenvalue weighted by molar-refractivity contribution is 0.0932. The van der Waals surface area contributed by atoms with Gasteiger partial charge in [-0.1, -0.05) is 13.8 Å². The van der Waals surface area contributed by atoms with Crippen LogP contribution < -0.4 is 14.8 Å². The van der Waals surface area contributed by atoms with E-state index in [9.17, 15) is 4.79 Å². The number of amides is 1. The Hall–Kier alpha value is -1.75. The Labute approximate surface area is 145 Å². The van der Waals surface area contributed by atoms with E-state index in [1.807, 2.05) is 0 Å². The van der Waals surface area contributed by atoms with Crippen LogP contribution in [0.4, 0.5) is 0 Å². The van der Waals surface area contributed by atoms with Crippen LogP contribution >= 0.6 is 0 Å². The van der Waals surface area contributed by atoms with E-state index < -0.39 is 0 Å². The van der Waals surface area contributed by atoms with E-state index in [2.05, 4.69) is 24.1 Å². The van der Waals surface area contributed by atoms with Crippen molar-refractivity contribution in [2.75, 3.05) is 33.9 Å². The first-order chi connectivity index (χ1) is 11.5. The maximum atomic E-state index is 12.5. The van der Waals surface area contributed by atoms with Gasteiger partial charge in [0, 0.05) is 24.2 Å². The minimum absolute atomic E-state index is 0.0832. The van der Waals surface area contributed by atoms with Crippen molar-refractivity contribution in [2.24, 2.45) is 5.92 Å². The molecule has 5 nitrogen and oxygen atoms in total. The van der Waals surface area contributed by atoms with Gasteiger partial charge in [0.15, 0.2) is 0 Å². The number of hydrogen-bond donors (Lipinski definition) is 1. The van der Waals surface area contributed by atoms with E-state index in [4.69, 9.17) is 9.47 Å². The predicted molar refractivity (Wildman–Crippen MR) is 95.9 cm³/mol. The van der Waals surface area contributed by atoms with Gasteiger partial charge in [-0.15, -0.1) is 0 Å². The topological polar surface area (TPSA) is 50.8 Å². The molecule has 134 valence electrons. The van der Waals surface area contributed by atoms with Gasteiger partial charge in [0.2, 0.25) is 0 Å². The molecule has 2 rings (SSSR count). The molecule has 1 atom stereocenters. The summed E-state index contributed by atoms with van der Waals surface area (Å²) in [6.07, 6.45) is 3.62. The summed E-state index contributed by atoms with van der Waals surface area (Å²) in [6, 6.07) is 5.66. The lowest BCUT2D eigenvalue weighted by Crippen LogP contribution is -2.43. The molecule has 0 bridgehead atoms. The van der Waals surface area contributed by atoms with Crippen molar-refractivity contribution in [3.05, 3.63) is 23.8 Å². The van der Waals surface area contributed by atoms with Crippen molar-refractivity contribution in [2.45, 2.75) is 39.2 Å². The Morgan fingerprint density at radius 1 is 1.12 bits per heavy atom. The van der Waals surface area contributed by atoms with Crippen LogP contribution in [-0.2, 0) is 0 Å². The van der Waals surface area contributed by atoms with Crippen molar-refractivity contribution in [1.82, 2.24) is 10.2 Å². The number of carbonyl (C=O) groups is 1. The Kier molecular flexibility index (Phi) is 6.91. The number of nitrogens with one attached hydrogen (secondary N) is 1. The molecule has 1 unspecified atom stereocenters. The number of hydrogen-bond acceptors (Lipinski definition) is 4. The molecule has 1 aromatic carbocycles. The highest BCUT2D eigenvalue weighted by Gasteiger charge is 2.23. The maximum Gasteiger partial charge on any atom is 0.251 e. The zero-order valence-corrected chi connectivity index (χ0v) is 15.3. The largest absolute Gasteiger partial charge is 0.497 e. The molecule has 5 heteroatoms. The summed E-state index contributed by atoms with van der Waals surface area (Å²) >= 11 is 0. The van der Waals surface area contributed by atoms with Crippen molar-refractivity contribution >= 4 is 5.91 Å². The van der Waals surface area contributed by atoms with Gasteiger partial charge in [-0.25, -0.2) is 0 Å². The maximum absolute atomic E-state index is 12.5. The van der Waals surface area contributed by atoms with Gasteiger partial charge in [0.1, 0.15) is 11.5 Å². The summed E-state index contributed by atoms with van der Waals surface area (Å²) in [4.78, 5) is 15.1. The fourth-order valence-corrected chi connectivity index (χ4v) is 3.26. The van der Waals surface area contributed by atoms with E-state index in [0.29, 0.717) is 35.6 Å². The zero-order valence-electron chi connectivity index (χ0n) is 15.3. The van der Waals surface area contributed by atoms with E-state index in [1.165, 1.54) is 12.8 Å². The van der Waals surface area contributed by atoms with Crippen LogP contribution in [-0.4, -0.2) is 50.7 Å². The molecular weight excluding hydrogens is 304 g/mol. The number of likely N-dealkylation sites (tertiary alicyclic amines) is 1. The molecule has 0 aliphatic carbocycles. The first-order valence-electron chi connectivity index (χ1n) is 8.78. The monoisotopic (exact) mass is 334 g/mol. The number of ether oxygens (including phenoxy) is 2. The van der Waals surface area contributed by atoms with Crippen molar-refractivity contribution in [3.63, 3.8) is 0 Å². The molecule has 1 N–H and O–H groups in total. The Balaban J connectivity index is 2.01. The third kappa shape index (κ3) is 5.13. The van der Waals surface area contributed by atoms with Crippen LogP contribution in [0.3, 0.4) is 0 Å². The third-order valence-corrected chi connectivity index (χ3v) is 4.51. The number of benzene rings is 1. The summed E-state index contributed by atoms with van der Waals surface area (Å²) in [5, 5.41) is 3.09. The lowest BCUT2D eigenvalue weighted by atomic mass is 10.0. The highest BCUT2D eigenvalue weighted by atomic mass is 16.5. The van der Waals surface area contributed by atoms with E-state index in [-0.39, 0.29) is 5.91 Å². The summed E-state index contributed by atoms with van der Waals surface area (Å²) in [5.41, 5.74) is 0.566. The molecule has 0 saturated carbocycles. The molecule has 1 amide bonds. The van der Waals surface area contributed by atoms with Crippen LogP contribution in [0.15, 0.2) is 18.2 Å². The van der Waals surface area contributed by atoms with Gasteiger partial charge in [0.05, 0.1) is 14.2 Å². The number of carbonyl (C=O) groups excluding carboxylic acids is 1. The molecule has 1 aliphatic rings. The molecule has 1 saturated heterocycles. The zero-order chi connectivity index (χ0) is 17.5. The van der Waals surface area contributed by atoms with Crippen LogP contribution in [0.5, 0.6) is 11.5 Å². The first kappa shape index (κ1) is 18.6. The van der Waals surface area contributed by atoms with Gasteiger partial charge in [-0.05, 0) is 50.4 Å².